The van der Waals surface area contributed by atoms with E-state index in [1.165, 1.54) is 0 Å². The van der Waals surface area contributed by atoms with Crippen LogP contribution >= 0.6 is 23.2 Å². The molecule has 0 saturated heterocycles. The predicted molar refractivity (Wildman–Crippen MR) is 89.2 cm³/mol. The lowest BCUT2D eigenvalue weighted by Gasteiger charge is -2.11. The molecule has 1 heterocycles. The molecule has 0 radical (unpaired) electrons. The summed E-state index contributed by atoms with van der Waals surface area (Å²) in [6.07, 6.45) is 1.64. The predicted octanol–water partition coefficient (Wildman–Crippen LogP) is 3.48. The van der Waals surface area contributed by atoms with Crippen LogP contribution in [0.5, 0.6) is 11.6 Å². The number of rotatable bonds is 7. The maximum atomic E-state index is 11.9. The monoisotopic (exact) mass is 354 g/mol. The Morgan fingerprint density at radius 1 is 1.26 bits per heavy atom. The maximum Gasteiger partial charge on any atom is 0.258 e. The van der Waals surface area contributed by atoms with Crippen LogP contribution in [0.2, 0.25) is 10.0 Å². The lowest BCUT2D eigenvalue weighted by Crippen LogP contribution is -2.28. The van der Waals surface area contributed by atoms with Crippen molar-refractivity contribution in [3.63, 3.8) is 0 Å². The first kappa shape index (κ1) is 17.4. The van der Waals surface area contributed by atoms with Gasteiger partial charge < -0.3 is 14.8 Å². The van der Waals surface area contributed by atoms with Gasteiger partial charge in [0.25, 0.3) is 5.91 Å². The van der Waals surface area contributed by atoms with E-state index in [2.05, 4.69) is 10.3 Å². The third kappa shape index (κ3) is 5.30. The van der Waals surface area contributed by atoms with Gasteiger partial charge in [0.1, 0.15) is 5.75 Å². The Balaban J connectivity index is 1.86. The molecule has 0 fully saturated rings. The zero-order valence-electron chi connectivity index (χ0n) is 12.5. The van der Waals surface area contributed by atoms with Gasteiger partial charge in [-0.05, 0) is 31.2 Å². The number of pyridine rings is 1. The molecule has 0 atom stereocenters. The Bertz CT molecular complexity index is 680. The highest BCUT2D eigenvalue weighted by Crippen LogP contribution is 2.27. The summed E-state index contributed by atoms with van der Waals surface area (Å²) >= 11 is 11.8. The summed E-state index contributed by atoms with van der Waals surface area (Å²) in [6.45, 7) is 2.54. The van der Waals surface area contributed by atoms with Crippen molar-refractivity contribution in [2.75, 3.05) is 13.2 Å². The fourth-order valence-electron chi connectivity index (χ4n) is 1.81. The topological polar surface area (TPSA) is 60.5 Å². The molecule has 23 heavy (non-hydrogen) atoms. The second kappa shape index (κ2) is 8.60. The highest BCUT2D eigenvalue weighted by molar-refractivity contribution is 6.35. The average Bonchev–Trinajstić information content (AvgIpc) is 2.53. The molecule has 0 saturated carbocycles. The summed E-state index contributed by atoms with van der Waals surface area (Å²) in [5, 5.41) is 3.61. The summed E-state index contributed by atoms with van der Waals surface area (Å²) in [5.74, 6) is 0.641. The van der Waals surface area contributed by atoms with E-state index in [-0.39, 0.29) is 12.5 Å². The van der Waals surface area contributed by atoms with Crippen LogP contribution in [-0.2, 0) is 11.3 Å². The molecule has 0 unspecified atom stereocenters. The minimum absolute atomic E-state index is 0.147. The van der Waals surface area contributed by atoms with Crippen molar-refractivity contribution in [1.29, 1.82) is 0 Å². The van der Waals surface area contributed by atoms with Crippen LogP contribution in [0.4, 0.5) is 0 Å². The summed E-state index contributed by atoms with van der Waals surface area (Å²) in [5.41, 5.74) is 0.798. The third-order valence-electron chi connectivity index (χ3n) is 2.86. The summed E-state index contributed by atoms with van der Waals surface area (Å²) in [4.78, 5) is 16.0. The molecule has 2 rings (SSSR count). The van der Waals surface area contributed by atoms with Gasteiger partial charge in [-0.15, -0.1) is 0 Å². The third-order valence-corrected chi connectivity index (χ3v) is 3.39. The van der Waals surface area contributed by atoms with E-state index >= 15 is 0 Å². The summed E-state index contributed by atoms with van der Waals surface area (Å²) < 4.78 is 10.8. The Morgan fingerprint density at radius 2 is 2.09 bits per heavy atom. The number of nitrogens with zero attached hydrogens (tertiary/aromatic N) is 1. The van der Waals surface area contributed by atoms with E-state index in [1.54, 1.807) is 30.5 Å². The number of carbonyl (C=O) groups excluding carboxylic acids is 1. The zero-order valence-corrected chi connectivity index (χ0v) is 14.0. The van der Waals surface area contributed by atoms with Gasteiger partial charge in [0.15, 0.2) is 6.61 Å². The van der Waals surface area contributed by atoms with E-state index < -0.39 is 0 Å². The van der Waals surface area contributed by atoms with Gasteiger partial charge in [0.05, 0.1) is 11.6 Å². The number of hydrogen-bond acceptors (Lipinski definition) is 4. The number of ether oxygens (including phenoxy) is 2. The first-order valence-electron chi connectivity index (χ1n) is 7.01. The van der Waals surface area contributed by atoms with Crippen LogP contribution in [0.3, 0.4) is 0 Å². The lowest BCUT2D eigenvalue weighted by molar-refractivity contribution is -0.123. The molecule has 1 amide bonds. The standard InChI is InChI=1S/C16H16Cl2N2O3/c1-2-22-16-11(4-3-7-19-16)9-20-15(21)10-23-14-6-5-12(17)8-13(14)18/h3-8H,2,9-10H2,1H3,(H,20,21). The molecule has 2 aromatic rings. The van der Waals surface area contributed by atoms with Gasteiger partial charge in [-0.2, -0.15) is 0 Å². The molecule has 1 aromatic carbocycles. The van der Waals surface area contributed by atoms with E-state index in [9.17, 15) is 4.79 Å². The van der Waals surface area contributed by atoms with Gasteiger partial charge in [0.2, 0.25) is 5.88 Å². The quantitative estimate of drug-likeness (QED) is 0.826. The SMILES string of the molecule is CCOc1ncccc1CNC(=O)COc1ccc(Cl)cc1Cl. The molecule has 0 bridgehead atoms. The minimum atomic E-state index is -0.276. The van der Waals surface area contributed by atoms with Gasteiger partial charge in [0, 0.05) is 23.3 Å². The van der Waals surface area contributed by atoms with Crippen molar-refractivity contribution in [2.45, 2.75) is 13.5 Å². The largest absolute Gasteiger partial charge is 0.482 e. The average molecular weight is 355 g/mol. The highest BCUT2D eigenvalue weighted by Gasteiger charge is 2.09. The van der Waals surface area contributed by atoms with Gasteiger partial charge >= 0.3 is 0 Å². The molecule has 122 valence electrons. The molecule has 0 aliphatic carbocycles. The van der Waals surface area contributed by atoms with E-state index in [1.807, 2.05) is 13.0 Å². The van der Waals surface area contributed by atoms with Gasteiger partial charge in [-0.1, -0.05) is 29.3 Å². The number of carbonyl (C=O) groups is 1. The van der Waals surface area contributed by atoms with Crippen LogP contribution in [0, 0.1) is 0 Å². The summed E-state index contributed by atoms with van der Waals surface area (Å²) in [6, 6.07) is 8.44. The Hall–Kier alpha value is -1.98. The number of amides is 1. The number of nitrogens with one attached hydrogen (secondary N) is 1. The fourth-order valence-corrected chi connectivity index (χ4v) is 2.27. The second-order valence-corrected chi connectivity index (χ2v) is 5.38. The van der Waals surface area contributed by atoms with E-state index in [4.69, 9.17) is 32.7 Å². The van der Waals surface area contributed by atoms with Crippen LogP contribution in [0.15, 0.2) is 36.5 Å². The van der Waals surface area contributed by atoms with Gasteiger partial charge in [-0.3, -0.25) is 4.79 Å². The number of hydrogen-bond donors (Lipinski definition) is 1. The lowest BCUT2D eigenvalue weighted by atomic mass is 10.2. The Kier molecular flexibility index (Phi) is 6.50. The number of halogens is 2. The van der Waals surface area contributed by atoms with Crippen molar-refractivity contribution < 1.29 is 14.3 Å². The molecule has 0 spiro atoms. The van der Waals surface area contributed by atoms with Crippen LogP contribution in [0.1, 0.15) is 12.5 Å². The summed E-state index contributed by atoms with van der Waals surface area (Å²) in [7, 11) is 0. The van der Waals surface area contributed by atoms with E-state index in [0.717, 1.165) is 5.56 Å². The number of aromatic nitrogens is 1. The molecule has 1 N–H and O–H groups in total. The molecule has 5 nitrogen and oxygen atoms in total. The first-order valence-corrected chi connectivity index (χ1v) is 7.77. The molecule has 1 aromatic heterocycles. The van der Waals surface area contributed by atoms with Gasteiger partial charge in [-0.25, -0.2) is 4.98 Å². The second-order valence-electron chi connectivity index (χ2n) is 4.54. The van der Waals surface area contributed by atoms with E-state index in [0.29, 0.717) is 34.8 Å². The smallest absolute Gasteiger partial charge is 0.258 e. The molecule has 0 aliphatic rings. The first-order chi connectivity index (χ1) is 11.1. The van der Waals surface area contributed by atoms with Crippen molar-refractivity contribution in [3.8, 4) is 11.6 Å². The van der Waals surface area contributed by atoms with Crippen LogP contribution in [0.25, 0.3) is 0 Å². The highest BCUT2D eigenvalue weighted by atomic mass is 35.5. The van der Waals surface area contributed by atoms with Crippen LogP contribution < -0.4 is 14.8 Å². The molecule has 0 aliphatic heterocycles. The van der Waals surface area contributed by atoms with Crippen molar-refractivity contribution in [2.24, 2.45) is 0 Å². The molecular weight excluding hydrogens is 339 g/mol. The molecule has 7 heteroatoms. The normalized spacial score (nSPS) is 10.2. The van der Waals surface area contributed by atoms with Crippen molar-refractivity contribution >= 4 is 29.1 Å². The minimum Gasteiger partial charge on any atom is -0.482 e. The molecular formula is C16H16Cl2N2O3. The number of benzene rings is 1. The van der Waals surface area contributed by atoms with Crippen molar-refractivity contribution in [1.82, 2.24) is 10.3 Å². The zero-order chi connectivity index (χ0) is 16.7. The van der Waals surface area contributed by atoms with Crippen LogP contribution in [-0.4, -0.2) is 24.1 Å². The maximum absolute atomic E-state index is 11.9. The fraction of sp³-hybridized carbons (Fsp3) is 0.250. The Morgan fingerprint density at radius 3 is 2.83 bits per heavy atom. The Labute approximate surface area is 144 Å². The van der Waals surface area contributed by atoms with Crippen molar-refractivity contribution in [3.05, 3.63) is 52.1 Å².